The van der Waals surface area contributed by atoms with E-state index in [4.69, 9.17) is 11.6 Å². The van der Waals surface area contributed by atoms with E-state index in [1.807, 2.05) is 0 Å². The molecule has 0 aromatic heterocycles. The number of rotatable bonds is 4. The molecule has 1 rings (SSSR count). The molecule has 0 aliphatic rings. The second-order valence-corrected chi connectivity index (χ2v) is 4.10. The molecule has 0 saturated carbocycles. The number of benzene rings is 1. The second-order valence-electron chi connectivity index (χ2n) is 3.69. The summed E-state index contributed by atoms with van der Waals surface area (Å²) in [6.45, 7) is 0. The number of carbonyl (C=O) groups excluding carboxylic acids is 2. The number of ketones is 1. The molecule has 1 aromatic rings. The van der Waals surface area contributed by atoms with Crippen LogP contribution in [0.15, 0.2) is 18.2 Å². The maximum absolute atomic E-state index is 12.5. The van der Waals surface area contributed by atoms with Gasteiger partial charge in [0.2, 0.25) is 0 Å². The lowest BCUT2D eigenvalue weighted by molar-refractivity contribution is -0.140. The zero-order valence-corrected chi connectivity index (χ0v) is 10.6. The van der Waals surface area contributed by atoms with Gasteiger partial charge in [-0.05, 0) is 18.2 Å². The zero-order chi connectivity index (χ0) is 14.6. The molecule has 104 valence electrons. The van der Waals surface area contributed by atoms with Crippen molar-refractivity contribution in [3.05, 3.63) is 34.3 Å². The summed E-state index contributed by atoms with van der Waals surface area (Å²) >= 11 is 5.69. The van der Waals surface area contributed by atoms with Gasteiger partial charge in [0.25, 0.3) is 0 Å². The van der Waals surface area contributed by atoms with Gasteiger partial charge < -0.3 is 4.74 Å². The Labute approximate surface area is 112 Å². The first-order valence-corrected chi connectivity index (χ1v) is 5.60. The summed E-state index contributed by atoms with van der Waals surface area (Å²) < 4.78 is 41.9. The average molecular weight is 295 g/mol. The van der Waals surface area contributed by atoms with Crippen molar-refractivity contribution in [2.45, 2.75) is 19.0 Å². The smallest absolute Gasteiger partial charge is 0.416 e. The third-order valence-electron chi connectivity index (χ3n) is 2.38. The monoisotopic (exact) mass is 294 g/mol. The molecule has 19 heavy (non-hydrogen) atoms. The fourth-order valence-electron chi connectivity index (χ4n) is 1.37. The van der Waals surface area contributed by atoms with Gasteiger partial charge in [-0.3, -0.25) is 9.59 Å². The van der Waals surface area contributed by atoms with Crippen LogP contribution in [-0.2, 0) is 15.7 Å². The van der Waals surface area contributed by atoms with Crippen molar-refractivity contribution in [1.29, 1.82) is 0 Å². The Morgan fingerprint density at radius 2 is 1.89 bits per heavy atom. The lowest BCUT2D eigenvalue weighted by atomic mass is 10.0. The standard InChI is InChI=1S/C12H10ClF3O3/c1-19-11(18)5-4-10(17)8-6-7(12(14,15)16)2-3-9(8)13/h2-3,6H,4-5H2,1H3. The molecule has 0 aliphatic heterocycles. The summed E-state index contributed by atoms with van der Waals surface area (Å²) in [6.07, 6.45) is -5.02. The van der Waals surface area contributed by atoms with Crippen LogP contribution < -0.4 is 0 Å². The number of hydrogen-bond acceptors (Lipinski definition) is 3. The fourth-order valence-corrected chi connectivity index (χ4v) is 1.59. The van der Waals surface area contributed by atoms with Gasteiger partial charge in [0.05, 0.1) is 24.1 Å². The van der Waals surface area contributed by atoms with Crippen LogP contribution in [-0.4, -0.2) is 18.9 Å². The first-order valence-electron chi connectivity index (χ1n) is 5.22. The highest BCUT2D eigenvalue weighted by atomic mass is 35.5. The molecule has 0 aliphatic carbocycles. The van der Waals surface area contributed by atoms with Crippen molar-refractivity contribution in [3.63, 3.8) is 0 Å². The molecule has 0 atom stereocenters. The minimum Gasteiger partial charge on any atom is -0.469 e. The molecule has 0 fully saturated rings. The van der Waals surface area contributed by atoms with Gasteiger partial charge in [0.1, 0.15) is 0 Å². The van der Waals surface area contributed by atoms with Gasteiger partial charge in [0, 0.05) is 12.0 Å². The Bertz CT molecular complexity index is 497. The van der Waals surface area contributed by atoms with E-state index in [9.17, 15) is 22.8 Å². The predicted octanol–water partition coefficient (Wildman–Crippen LogP) is 3.49. The highest BCUT2D eigenvalue weighted by molar-refractivity contribution is 6.34. The molecule has 0 bridgehead atoms. The predicted molar refractivity (Wildman–Crippen MR) is 62.0 cm³/mol. The van der Waals surface area contributed by atoms with E-state index < -0.39 is 23.5 Å². The quantitative estimate of drug-likeness (QED) is 0.630. The summed E-state index contributed by atoms with van der Waals surface area (Å²) in [4.78, 5) is 22.6. The molecule has 0 heterocycles. The van der Waals surface area contributed by atoms with Crippen molar-refractivity contribution in [2.24, 2.45) is 0 Å². The molecule has 1 aromatic carbocycles. The summed E-state index contributed by atoms with van der Waals surface area (Å²) in [5.74, 6) is -1.25. The second kappa shape index (κ2) is 6.06. The van der Waals surface area contributed by atoms with Gasteiger partial charge in [0.15, 0.2) is 5.78 Å². The van der Waals surface area contributed by atoms with Gasteiger partial charge in [-0.15, -0.1) is 0 Å². The zero-order valence-electron chi connectivity index (χ0n) is 9.88. The van der Waals surface area contributed by atoms with Gasteiger partial charge >= 0.3 is 12.1 Å². The Morgan fingerprint density at radius 3 is 2.42 bits per heavy atom. The molecule has 0 saturated heterocycles. The maximum atomic E-state index is 12.5. The van der Waals surface area contributed by atoms with Crippen LogP contribution in [0.1, 0.15) is 28.8 Å². The number of alkyl halides is 3. The summed E-state index contributed by atoms with van der Waals surface area (Å²) in [5, 5.41) is -0.0807. The molecule has 0 spiro atoms. The molecular formula is C12H10ClF3O3. The molecule has 3 nitrogen and oxygen atoms in total. The number of methoxy groups -OCH3 is 1. The number of esters is 1. The maximum Gasteiger partial charge on any atom is 0.416 e. The number of halogens is 4. The number of carbonyl (C=O) groups is 2. The van der Waals surface area contributed by atoms with E-state index in [0.717, 1.165) is 19.2 Å². The molecule has 0 amide bonds. The molecule has 0 radical (unpaired) electrons. The van der Waals surface area contributed by atoms with E-state index in [-0.39, 0.29) is 23.4 Å². The topological polar surface area (TPSA) is 43.4 Å². The number of Topliss-reactive ketones (excluding diaryl/α,β-unsaturated/α-hetero) is 1. The molecule has 0 N–H and O–H groups in total. The first kappa shape index (κ1) is 15.5. The Kier molecular flexibility index (Phi) is 4.94. The molecule has 0 unspecified atom stereocenters. The van der Waals surface area contributed by atoms with Crippen molar-refractivity contribution >= 4 is 23.4 Å². The highest BCUT2D eigenvalue weighted by Crippen LogP contribution is 2.32. The number of hydrogen-bond donors (Lipinski definition) is 0. The first-order chi connectivity index (χ1) is 8.75. The van der Waals surface area contributed by atoms with Gasteiger partial charge in [-0.2, -0.15) is 13.2 Å². The van der Waals surface area contributed by atoms with Crippen molar-refractivity contribution in [2.75, 3.05) is 7.11 Å². The van der Waals surface area contributed by atoms with Gasteiger partial charge in [-0.1, -0.05) is 11.6 Å². The molecule has 7 heteroatoms. The fraction of sp³-hybridized carbons (Fsp3) is 0.333. The van der Waals surface area contributed by atoms with E-state index in [2.05, 4.69) is 4.74 Å². The van der Waals surface area contributed by atoms with Crippen molar-refractivity contribution in [1.82, 2.24) is 0 Å². The number of ether oxygens (including phenoxy) is 1. The third-order valence-corrected chi connectivity index (χ3v) is 2.71. The summed E-state index contributed by atoms with van der Waals surface area (Å²) in [7, 11) is 1.16. The van der Waals surface area contributed by atoms with E-state index in [1.54, 1.807) is 0 Å². The lowest BCUT2D eigenvalue weighted by Crippen LogP contribution is -2.10. The van der Waals surface area contributed by atoms with Crippen LogP contribution >= 0.6 is 11.6 Å². The Morgan fingerprint density at radius 1 is 1.26 bits per heavy atom. The molecular weight excluding hydrogens is 285 g/mol. The van der Waals surface area contributed by atoms with Crippen LogP contribution in [0.3, 0.4) is 0 Å². The SMILES string of the molecule is COC(=O)CCC(=O)c1cc(C(F)(F)F)ccc1Cl. The van der Waals surface area contributed by atoms with Crippen molar-refractivity contribution < 1.29 is 27.5 Å². The van der Waals surface area contributed by atoms with Gasteiger partial charge in [-0.25, -0.2) is 0 Å². The largest absolute Gasteiger partial charge is 0.469 e. The average Bonchev–Trinajstić information content (AvgIpc) is 2.34. The van der Waals surface area contributed by atoms with Crippen LogP contribution in [0.5, 0.6) is 0 Å². The normalized spacial score (nSPS) is 11.2. The Hall–Kier alpha value is -1.56. The van der Waals surface area contributed by atoms with Crippen LogP contribution in [0.2, 0.25) is 5.02 Å². The lowest BCUT2D eigenvalue weighted by Gasteiger charge is -2.09. The minimum atomic E-state index is -4.55. The van der Waals surface area contributed by atoms with Crippen LogP contribution in [0.4, 0.5) is 13.2 Å². The third kappa shape index (κ3) is 4.24. The highest BCUT2D eigenvalue weighted by Gasteiger charge is 2.31. The van der Waals surface area contributed by atoms with E-state index >= 15 is 0 Å². The van der Waals surface area contributed by atoms with E-state index in [1.165, 1.54) is 0 Å². The summed E-state index contributed by atoms with van der Waals surface area (Å²) in [5.41, 5.74) is -1.21. The van der Waals surface area contributed by atoms with Crippen molar-refractivity contribution in [3.8, 4) is 0 Å². The van der Waals surface area contributed by atoms with E-state index in [0.29, 0.717) is 6.07 Å². The minimum absolute atomic E-state index is 0.0807. The van der Waals surface area contributed by atoms with Crippen LogP contribution in [0.25, 0.3) is 0 Å². The van der Waals surface area contributed by atoms with Crippen LogP contribution in [0, 0.1) is 0 Å². The Balaban J connectivity index is 2.93. The summed E-state index contributed by atoms with van der Waals surface area (Å²) in [6, 6.07) is 2.48.